The predicted molar refractivity (Wildman–Crippen MR) is 112 cm³/mol. The van der Waals surface area contributed by atoms with Crippen LogP contribution < -0.4 is 9.64 Å². The second-order valence-corrected chi connectivity index (χ2v) is 7.77. The number of carbonyl (C=O) groups is 2. The lowest BCUT2D eigenvalue weighted by molar-refractivity contribution is -0.123. The number of ether oxygens (including phenoxy) is 1. The summed E-state index contributed by atoms with van der Waals surface area (Å²) in [6, 6.07) is 12.9. The molecule has 7 nitrogen and oxygen atoms in total. The first kappa shape index (κ1) is 19.3. The Morgan fingerprint density at radius 2 is 2.00 bits per heavy atom. The summed E-state index contributed by atoms with van der Waals surface area (Å²) in [5.41, 5.74) is 2.60. The Morgan fingerprint density at radius 1 is 1.16 bits per heavy atom. The third-order valence-corrected chi connectivity index (χ3v) is 5.77. The molecule has 0 fully saturated rings. The highest BCUT2D eigenvalue weighted by Gasteiger charge is 2.39. The van der Waals surface area contributed by atoms with Gasteiger partial charge in [0.25, 0.3) is 11.8 Å². The number of hydrogen-bond acceptors (Lipinski definition) is 4. The topological polar surface area (TPSA) is 67.7 Å². The van der Waals surface area contributed by atoms with Crippen molar-refractivity contribution in [1.82, 2.24) is 14.7 Å². The maximum atomic E-state index is 13.5. The lowest BCUT2D eigenvalue weighted by atomic mass is 10.0. The van der Waals surface area contributed by atoms with Gasteiger partial charge >= 0.3 is 0 Å². The first-order valence-electron chi connectivity index (χ1n) is 10.1. The Morgan fingerprint density at radius 3 is 2.84 bits per heavy atom. The van der Waals surface area contributed by atoms with Crippen LogP contribution in [0, 0.1) is 5.82 Å². The molecule has 0 unspecified atom stereocenters. The number of aromatic nitrogens is 2. The summed E-state index contributed by atoms with van der Waals surface area (Å²) in [6.45, 7) is 0.855. The van der Waals surface area contributed by atoms with Crippen LogP contribution in [0.5, 0.6) is 5.75 Å². The number of rotatable bonds is 3. The maximum Gasteiger partial charge on any atom is 0.275 e. The molecule has 0 spiro atoms. The van der Waals surface area contributed by atoms with Gasteiger partial charge in [-0.3, -0.25) is 14.3 Å². The van der Waals surface area contributed by atoms with Crippen molar-refractivity contribution in [3.8, 4) is 5.75 Å². The number of amides is 2. The minimum Gasteiger partial charge on any atom is -0.489 e. The van der Waals surface area contributed by atoms with Gasteiger partial charge in [0.05, 0.1) is 12.2 Å². The quantitative estimate of drug-likeness (QED) is 0.653. The smallest absolute Gasteiger partial charge is 0.275 e. The van der Waals surface area contributed by atoms with E-state index in [9.17, 15) is 14.0 Å². The first-order chi connectivity index (χ1) is 15.0. The number of nitrogens with zero attached hydrogens (tertiary/aromatic N) is 4. The zero-order valence-electron chi connectivity index (χ0n) is 17.0. The summed E-state index contributed by atoms with van der Waals surface area (Å²) >= 11 is 0. The average molecular weight is 420 g/mol. The van der Waals surface area contributed by atoms with Gasteiger partial charge in [-0.1, -0.05) is 24.3 Å². The van der Waals surface area contributed by atoms with Gasteiger partial charge in [0.15, 0.2) is 5.69 Å². The average Bonchev–Trinajstić information content (AvgIpc) is 3.13. The van der Waals surface area contributed by atoms with Gasteiger partial charge in [-0.25, -0.2) is 4.39 Å². The van der Waals surface area contributed by atoms with Crippen LogP contribution in [0.2, 0.25) is 0 Å². The van der Waals surface area contributed by atoms with Gasteiger partial charge in [0.1, 0.15) is 24.2 Å². The standard InChI is InChI=1S/C23H21FN4O3/c1-26-18-7-2-3-8-20(18)31-14-19(22(26)29)28-10-9-16-13-27(25-21(16)23(28)30)12-15-5-4-6-17(24)11-15/h2-8,11,13,19H,9-10,12,14H2,1H3/t19-/m0/s1. The molecule has 2 aromatic carbocycles. The van der Waals surface area contributed by atoms with Crippen LogP contribution >= 0.6 is 0 Å². The van der Waals surface area contributed by atoms with Crippen LogP contribution in [0.1, 0.15) is 21.6 Å². The van der Waals surface area contributed by atoms with E-state index in [1.54, 1.807) is 27.6 Å². The molecule has 1 atom stereocenters. The molecule has 5 rings (SSSR count). The summed E-state index contributed by atoms with van der Waals surface area (Å²) in [6.07, 6.45) is 2.41. The molecule has 8 heteroatoms. The third kappa shape index (κ3) is 3.43. The number of halogens is 1. The van der Waals surface area contributed by atoms with Crippen LogP contribution in [0.25, 0.3) is 0 Å². The number of para-hydroxylation sites is 2. The zero-order valence-corrected chi connectivity index (χ0v) is 17.0. The lowest BCUT2D eigenvalue weighted by Crippen LogP contribution is -2.54. The molecule has 2 amide bonds. The Hall–Kier alpha value is -3.68. The van der Waals surface area contributed by atoms with E-state index in [4.69, 9.17) is 4.74 Å². The van der Waals surface area contributed by atoms with Crippen molar-refractivity contribution in [2.75, 3.05) is 25.1 Å². The van der Waals surface area contributed by atoms with E-state index in [0.29, 0.717) is 36.6 Å². The summed E-state index contributed by atoms with van der Waals surface area (Å²) in [5, 5.41) is 4.45. The van der Waals surface area contributed by atoms with Crippen molar-refractivity contribution in [1.29, 1.82) is 0 Å². The largest absolute Gasteiger partial charge is 0.489 e. The molecule has 3 aromatic rings. The van der Waals surface area contributed by atoms with Gasteiger partial charge < -0.3 is 14.5 Å². The highest BCUT2D eigenvalue weighted by atomic mass is 19.1. The lowest BCUT2D eigenvalue weighted by Gasteiger charge is -2.33. The maximum absolute atomic E-state index is 13.5. The van der Waals surface area contributed by atoms with Crippen molar-refractivity contribution < 1.29 is 18.7 Å². The Bertz CT molecular complexity index is 1180. The number of likely N-dealkylation sites (N-methyl/N-ethyl adjacent to an activating group) is 1. The molecule has 158 valence electrons. The van der Waals surface area contributed by atoms with Gasteiger partial charge in [0, 0.05) is 25.4 Å². The number of anilines is 1. The minimum atomic E-state index is -0.730. The molecule has 3 heterocycles. The summed E-state index contributed by atoms with van der Waals surface area (Å²) in [5.74, 6) is -0.180. The van der Waals surface area contributed by atoms with Gasteiger partial charge in [0.2, 0.25) is 0 Å². The summed E-state index contributed by atoms with van der Waals surface area (Å²) < 4.78 is 21.0. The Balaban J connectivity index is 1.39. The van der Waals surface area contributed by atoms with Crippen LogP contribution in [-0.4, -0.2) is 52.7 Å². The highest BCUT2D eigenvalue weighted by molar-refractivity contribution is 6.03. The number of benzene rings is 2. The summed E-state index contributed by atoms with van der Waals surface area (Å²) in [7, 11) is 1.69. The van der Waals surface area contributed by atoms with Gasteiger partial charge in [-0.2, -0.15) is 5.10 Å². The molecule has 0 radical (unpaired) electrons. The Kier molecular flexibility index (Phi) is 4.69. The third-order valence-electron chi connectivity index (χ3n) is 5.77. The van der Waals surface area contributed by atoms with E-state index < -0.39 is 6.04 Å². The minimum absolute atomic E-state index is 0.0886. The van der Waals surface area contributed by atoms with E-state index in [-0.39, 0.29) is 24.2 Å². The molecule has 0 saturated heterocycles. The second-order valence-electron chi connectivity index (χ2n) is 7.77. The predicted octanol–water partition coefficient (Wildman–Crippen LogP) is 2.49. The van der Waals surface area contributed by atoms with E-state index in [1.165, 1.54) is 12.1 Å². The fourth-order valence-electron chi connectivity index (χ4n) is 4.17. The molecule has 0 N–H and O–H groups in total. The van der Waals surface area contributed by atoms with E-state index in [2.05, 4.69) is 5.10 Å². The van der Waals surface area contributed by atoms with E-state index in [1.807, 2.05) is 36.5 Å². The van der Waals surface area contributed by atoms with E-state index >= 15 is 0 Å². The fraction of sp³-hybridized carbons (Fsp3) is 0.261. The van der Waals surface area contributed by atoms with Crippen LogP contribution in [-0.2, 0) is 17.8 Å². The molecule has 0 aliphatic carbocycles. The molecule has 1 aromatic heterocycles. The highest BCUT2D eigenvalue weighted by Crippen LogP contribution is 2.32. The van der Waals surface area contributed by atoms with Crippen LogP contribution in [0.15, 0.2) is 54.7 Å². The second kappa shape index (κ2) is 7.54. The van der Waals surface area contributed by atoms with Crippen LogP contribution in [0.4, 0.5) is 10.1 Å². The molecule has 31 heavy (non-hydrogen) atoms. The molecular weight excluding hydrogens is 399 g/mol. The number of carbonyl (C=O) groups excluding carboxylic acids is 2. The number of fused-ring (bicyclic) bond motifs is 2. The van der Waals surface area contributed by atoms with Gasteiger partial charge in [-0.15, -0.1) is 0 Å². The normalized spacial score (nSPS) is 18.3. The molecular formula is C23H21FN4O3. The first-order valence-corrected chi connectivity index (χ1v) is 10.1. The van der Waals surface area contributed by atoms with Crippen LogP contribution in [0.3, 0.4) is 0 Å². The van der Waals surface area contributed by atoms with Crippen molar-refractivity contribution >= 4 is 17.5 Å². The molecule has 0 saturated carbocycles. The SMILES string of the molecule is CN1C(=O)[C@@H](N2CCc3cn(Cc4cccc(F)c4)nc3C2=O)COc2ccccc21. The van der Waals surface area contributed by atoms with Crippen molar-refractivity contribution in [3.63, 3.8) is 0 Å². The Labute approximate surface area is 178 Å². The van der Waals surface area contributed by atoms with E-state index in [0.717, 1.165) is 11.1 Å². The molecule has 2 aliphatic heterocycles. The monoisotopic (exact) mass is 420 g/mol. The number of hydrogen-bond donors (Lipinski definition) is 0. The molecule has 2 aliphatic rings. The molecule has 0 bridgehead atoms. The van der Waals surface area contributed by atoms with Crippen molar-refractivity contribution in [2.45, 2.75) is 19.0 Å². The van der Waals surface area contributed by atoms with Gasteiger partial charge in [-0.05, 0) is 36.2 Å². The zero-order chi connectivity index (χ0) is 21.5. The fourth-order valence-corrected chi connectivity index (χ4v) is 4.17. The summed E-state index contributed by atoms with van der Waals surface area (Å²) in [4.78, 5) is 29.5. The van der Waals surface area contributed by atoms with Crippen molar-refractivity contribution in [3.05, 3.63) is 77.4 Å². The van der Waals surface area contributed by atoms with Crippen molar-refractivity contribution in [2.24, 2.45) is 0 Å².